The third-order valence-electron chi connectivity index (χ3n) is 2.49. The first-order valence-corrected chi connectivity index (χ1v) is 5.76. The van der Waals surface area contributed by atoms with Gasteiger partial charge in [0.1, 0.15) is 6.04 Å². The quantitative estimate of drug-likeness (QED) is 0.913. The third kappa shape index (κ3) is 4.28. The maximum Gasteiger partial charge on any atom is 0.416 e. The summed E-state index contributed by atoms with van der Waals surface area (Å²) in [7, 11) is 0. The molecule has 1 atom stereocenters. The molecule has 1 unspecified atom stereocenters. The molecule has 0 aliphatic heterocycles. The average molecular weight is 270 g/mol. The van der Waals surface area contributed by atoms with Gasteiger partial charge in [-0.25, -0.2) is 0 Å². The highest BCUT2D eigenvalue weighted by atomic mass is 19.4. The first kappa shape index (κ1) is 15.0. The SMILES string of the molecule is CCCC(C#N)NC(=O)c1cccc(C(F)(F)F)c1. The number of hydrogen-bond donors (Lipinski definition) is 1. The summed E-state index contributed by atoms with van der Waals surface area (Å²) < 4.78 is 37.5. The van der Waals surface area contributed by atoms with E-state index < -0.39 is 23.7 Å². The molecule has 19 heavy (non-hydrogen) atoms. The van der Waals surface area contributed by atoms with E-state index in [1.165, 1.54) is 12.1 Å². The largest absolute Gasteiger partial charge is 0.416 e. The summed E-state index contributed by atoms with van der Waals surface area (Å²) >= 11 is 0. The minimum atomic E-state index is -4.49. The summed E-state index contributed by atoms with van der Waals surface area (Å²) in [4.78, 5) is 11.7. The van der Waals surface area contributed by atoms with Crippen LogP contribution in [0.1, 0.15) is 35.7 Å². The summed E-state index contributed by atoms with van der Waals surface area (Å²) in [5.74, 6) is -0.675. The van der Waals surface area contributed by atoms with Crippen molar-refractivity contribution in [1.82, 2.24) is 5.32 Å². The van der Waals surface area contributed by atoms with Crippen LogP contribution in [0.2, 0.25) is 0 Å². The summed E-state index contributed by atoms with van der Waals surface area (Å²) in [6, 6.07) is 5.32. The molecular formula is C13H13F3N2O. The minimum absolute atomic E-state index is 0.105. The molecule has 0 saturated carbocycles. The molecule has 102 valence electrons. The van der Waals surface area contributed by atoms with E-state index in [0.717, 1.165) is 12.1 Å². The van der Waals surface area contributed by atoms with Crippen molar-refractivity contribution in [3.63, 3.8) is 0 Å². The van der Waals surface area contributed by atoms with Gasteiger partial charge in [0.05, 0.1) is 11.6 Å². The van der Waals surface area contributed by atoms with Crippen molar-refractivity contribution in [2.24, 2.45) is 0 Å². The van der Waals surface area contributed by atoms with Crippen molar-refractivity contribution in [1.29, 1.82) is 5.26 Å². The van der Waals surface area contributed by atoms with Crippen LogP contribution in [0.25, 0.3) is 0 Å². The van der Waals surface area contributed by atoms with Gasteiger partial charge in [0.25, 0.3) is 5.91 Å². The Labute approximate surface area is 109 Å². The number of carbonyl (C=O) groups is 1. The fourth-order valence-corrected chi connectivity index (χ4v) is 1.54. The standard InChI is InChI=1S/C13H13F3N2O/c1-2-4-11(8-17)18-12(19)9-5-3-6-10(7-9)13(14,15)16/h3,5-7,11H,2,4H2,1H3,(H,18,19). The second-order valence-corrected chi connectivity index (χ2v) is 4.02. The molecule has 1 aromatic carbocycles. The summed E-state index contributed by atoms with van der Waals surface area (Å²) in [5.41, 5.74) is -0.990. The number of nitrogens with zero attached hydrogens (tertiary/aromatic N) is 1. The maximum absolute atomic E-state index is 12.5. The monoisotopic (exact) mass is 270 g/mol. The molecule has 1 aromatic rings. The van der Waals surface area contributed by atoms with Crippen LogP contribution in [0, 0.1) is 11.3 Å². The van der Waals surface area contributed by atoms with Crippen LogP contribution in [0.15, 0.2) is 24.3 Å². The fraction of sp³-hybridized carbons (Fsp3) is 0.385. The number of rotatable bonds is 4. The van der Waals surface area contributed by atoms with Crippen molar-refractivity contribution >= 4 is 5.91 Å². The van der Waals surface area contributed by atoms with E-state index in [2.05, 4.69) is 5.32 Å². The van der Waals surface area contributed by atoms with Gasteiger partial charge in [0, 0.05) is 5.56 Å². The van der Waals surface area contributed by atoms with Crippen molar-refractivity contribution in [2.45, 2.75) is 32.0 Å². The van der Waals surface area contributed by atoms with Crippen LogP contribution in [-0.2, 0) is 6.18 Å². The van der Waals surface area contributed by atoms with Crippen LogP contribution in [-0.4, -0.2) is 11.9 Å². The number of hydrogen-bond acceptors (Lipinski definition) is 2. The Morgan fingerprint density at radius 3 is 2.68 bits per heavy atom. The van der Waals surface area contributed by atoms with E-state index in [4.69, 9.17) is 5.26 Å². The van der Waals surface area contributed by atoms with Crippen LogP contribution in [0.5, 0.6) is 0 Å². The number of halogens is 3. The lowest BCUT2D eigenvalue weighted by molar-refractivity contribution is -0.137. The van der Waals surface area contributed by atoms with Crippen molar-refractivity contribution in [3.05, 3.63) is 35.4 Å². The summed E-state index contributed by atoms with van der Waals surface area (Å²) in [6.07, 6.45) is -3.34. The first-order chi connectivity index (χ1) is 8.88. The number of nitrogens with one attached hydrogen (secondary N) is 1. The second kappa shape index (κ2) is 6.23. The molecule has 0 aliphatic carbocycles. The zero-order valence-electron chi connectivity index (χ0n) is 10.3. The van der Waals surface area contributed by atoms with Gasteiger partial charge in [-0.15, -0.1) is 0 Å². The van der Waals surface area contributed by atoms with E-state index >= 15 is 0 Å². The molecular weight excluding hydrogens is 257 g/mol. The molecule has 6 heteroatoms. The van der Waals surface area contributed by atoms with Gasteiger partial charge in [0.2, 0.25) is 0 Å². The topological polar surface area (TPSA) is 52.9 Å². The minimum Gasteiger partial charge on any atom is -0.336 e. The molecule has 1 amide bonds. The lowest BCUT2D eigenvalue weighted by Crippen LogP contribution is -2.33. The van der Waals surface area contributed by atoms with Crippen molar-refractivity contribution < 1.29 is 18.0 Å². The molecule has 0 spiro atoms. The number of carbonyl (C=O) groups excluding carboxylic acids is 1. The van der Waals surface area contributed by atoms with E-state index in [9.17, 15) is 18.0 Å². The first-order valence-electron chi connectivity index (χ1n) is 5.76. The zero-order valence-corrected chi connectivity index (χ0v) is 10.3. The van der Waals surface area contributed by atoms with Crippen LogP contribution in [0.4, 0.5) is 13.2 Å². The third-order valence-corrected chi connectivity index (χ3v) is 2.49. The lowest BCUT2D eigenvalue weighted by atomic mass is 10.1. The van der Waals surface area contributed by atoms with E-state index in [0.29, 0.717) is 12.8 Å². The maximum atomic E-state index is 12.5. The molecule has 0 heterocycles. The molecule has 0 bridgehead atoms. The lowest BCUT2D eigenvalue weighted by Gasteiger charge is -2.12. The normalized spacial score (nSPS) is 12.6. The number of amides is 1. The Morgan fingerprint density at radius 1 is 1.47 bits per heavy atom. The molecule has 1 N–H and O–H groups in total. The van der Waals surface area contributed by atoms with Crippen LogP contribution in [0.3, 0.4) is 0 Å². The molecule has 0 radical (unpaired) electrons. The zero-order chi connectivity index (χ0) is 14.5. The van der Waals surface area contributed by atoms with Crippen LogP contribution >= 0.6 is 0 Å². The Hall–Kier alpha value is -2.03. The highest BCUT2D eigenvalue weighted by molar-refractivity contribution is 5.94. The molecule has 3 nitrogen and oxygen atoms in total. The van der Waals surface area contributed by atoms with E-state index in [1.807, 2.05) is 13.0 Å². The highest BCUT2D eigenvalue weighted by Crippen LogP contribution is 2.29. The van der Waals surface area contributed by atoms with Gasteiger partial charge in [-0.1, -0.05) is 19.4 Å². The van der Waals surface area contributed by atoms with Crippen LogP contribution < -0.4 is 5.32 Å². The Bertz CT molecular complexity index is 491. The molecule has 0 saturated heterocycles. The van der Waals surface area contributed by atoms with E-state index in [-0.39, 0.29) is 5.56 Å². The molecule has 0 aliphatic rings. The summed E-state index contributed by atoms with van der Waals surface area (Å²) in [6.45, 7) is 1.85. The number of alkyl halides is 3. The van der Waals surface area contributed by atoms with Crippen molar-refractivity contribution in [2.75, 3.05) is 0 Å². The molecule has 0 fully saturated rings. The predicted molar refractivity (Wildman–Crippen MR) is 63.2 cm³/mol. The Kier molecular flexibility index (Phi) is 4.93. The van der Waals surface area contributed by atoms with Gasteiger partial charge in [-0.3, -0.25) is 4.79 Å². The fourth-order valence-electron chi connectivity index (χ4n) is 1.54. The average Bonchev–Trinajstić information content (AvgIpc) is 2.37. The van der Waals surface area contributed by atoms with Gasteiger partial charge in [-0.2, -0.15) is 18.4 Å². The molecule has 1 rings (SSSR count). The van der Waals surface area contributed by atoms with E-state index in [1.54, 1.807) is 0 Å². The summed E-state index contributed by atoms with van der Waals surface area (Å²) in [5, 5.41) is 11.2. The van der Waals surface area contributed by atoms with Crippen molar-refractivity contribution in [3.8, 4) is 6.07 Å². The van der Waals surface area contributed by atoms with Gasteiger partial charge >= 0.3 is 6.18 Å². The smallest absolute Gasteiger partial charge is 0.336 e. The Morgan fingerprint density at radius 2 is 2.16 bits per heavy atom. The Balaban J connectivity index is 2.86. The number of benzene rings is 1. The van der Waals surface area contributed by atoms with Gasteiger partial charge < -0.3 is 5.32 Å². The molecule has 0 aromatic heterocycles. The van der Waals surface area contributed by atoms with Gasteiger partial charge in [0.15, 0.2) is 0 Å². The predicted octanol–water partition coefficient (Wildman–Crippen LogP) is 3.13. The number of nitriles is 1. The highest BCUT2D eigenvalue weighted by Gasteiger charge is 2.31. The second-order valence-electron chi connectivity index (χ2n) is 4.02. The van der Waals surface area contributed by atoms with Gasteiger partial charge in [-0.05, 0) is 24.6 Å².